The number of likely N-dealkylation sites (tertiary alicyclic amines) is 1. The van der Waals surface area contributed by atoms with Gasteiger partial charge in [-0.15, -0.1) is 5.10 Å². The van der Waals surface area contributed by atoms with Crippen molar-refractivity contribution in [1.82, 2.24) is 25.2 Å². The Morgan fingerprint density at radius 3 is 2.63 bits per heavy atom. The lowest BCUT2D eigenvalue weighted by molar-refractivity contribution is -0.144. The van der Waals surface area contributed by atoms with Crippen molar-refractivity contribution in [3.05, 3.63) is 45.9 Å². The number of carbonyl (C=O) groups is 2. The van der Waals surface area contributed by atoms with E-state index in [0.717, 1.165) is 18.5 Å². The highest BCUT2D eigenvalue weighted by Gasteiger charge is 2.45. The fourth-order valence-electron chi connectivity index (χ4n) is 4.56. The first-order chi connectivity index (χ1) is 16.5. The van der Waals surface area contributed by atoms with E-state index in [2.05, 4.69) is 31.6 Å². The molecule has 2 aromatic rings. The highest BCUT2D eigenvalue weighted by molar-refractivity contribution is 9.10. The van der Waals surface area contributed by atoms with Gasteiger partial charge in [0.1, 0.15) is 17.9 Å². The molecule has 3 N–H and O–H groups in total. The largest absolute Gasteiger partial charge is 0.394 e. The molecule has 4 rings (SSSR count). The van der Waals surface area contributed by atoms with Crippen LogP contribution in [0.3, 0.4) is 0 Å². The molecule has 1 aliphatic heterocycles. The summed E-state index contributed by atoms with van der Waals surface area (Å²) in [6, 6.07) is 1.79. The van der Waals surface area contributed by atoms with Gasteiger partial charge in [0.25, 0.3) is 0 Å². The van der Waals surface area contributed by atoms with Crippen LogP contribution in [0.25, 0.3) is 0 Å². The van der Waals surface area contributed by atoms with E-state index in [1.54, 1.807) is 16.9 Å². The molecule has 11 heteroatoms. The Kier molecular flexibility index (Phi) is 7.31. The number of halogens is 2. The molecule has 2 fully saturated rings. The van der Waals surface area contributed by atoms with Crippen molar-refractivity contribution >= 4 is 27.7 Å². The van der Waals surface area contributed by atoms with E-state index < -0.39 is 48.0 Å². The number of hydrogen-bond donors (Lipinski definition) is 3. The van der Waals surface area contributed by atoms with Gasteiger partial charge >= 0.3 is 0 Å². The Morgan fingerprint density at radius 2 is 2.03 bits per heavy atom. The molecular formula is C24H31BrFN5O4. The van der Waals surface area contributed by atoms with Crippen LogP contribution >= 0.6 is 15.9 Å². The average molecular weight is 552 g/mol. The molecule has 1 aromatic heterocycles. The molecule has 1 saturated carbocycles. The quantitative estimate of drug-likeness (QED) is 0.486. The molecule has 0 spiro atoms. The van der Waals surface area contributed by atoms with Crippen molar-refractivity contribution in [2.75, 3.05) is 13.2 Å². The Balaban J connectivity index is 1.55. The number of aliphatic hydroxyl groups is 2. The lowest BCUT2D eigenvalue weighted by atomic mass is 9.85. The number of rotatable bonds is 7. The van der Waals surface area contributed by atoms with E-state index in [0.29, 0.717) is 11.5 Å². The number of amides is 2. The highest BCUT2D eigenvalue weighted by Crippen LogP contribution is 2.40. The van der Waals surface area contributed by atoms with Crippen molar-refractivity contribution < 1.29 is 24.2 Å². The molecule has 0 bridgehead atoms. The minimum Gasteiger partial charge on any atom is -0.394 e. The van der Waals surface area contributed by atoms with E-state index in [1.807, 2.05) is 20.8 Å². The second-order valence-corrected chi connectivity index (χ2v) is 11.3. The zero-order chi connectivity index (χ0) is 25.5. The van der Waals surface area contributed by atoms with Crippen LogP contribution in [-0.4, -0.2) is 67.2 Å². The van der Waals surface area contributed by atoms with E-state index in [4.69, 9.17) is 0 Å². The van der Waals surface area contributed by atoms with E-state index >= 15 is 0 Å². The minimum atomic E-state index is -0.942. The van der Waals surface area contributed by atoms with Crippen molar-refractivity contribution in [3.8, 4) is 0 Å². The fourth-order valence-corrected chi connectivity index (χ4v) is 4.80. The van der Waals surface area contributed by atoms with Crippen LogP contribution in [-0.2, 0) is 9.59 Å². The molecule has 35 heavy (non-hydrogen) atoms. The number of β-amino-alcohol motifs (C(OH)–C–C–N with tert-alkyl or cyclic N) is 1. The molecule has 1 aliphatic carbocycles. The monoisotopic (exact) mass is 551 g/mol. The van der Waals surface area contributed by atoms with Crippen molar-refractivity contribution in [2.45, 2.75) is 70.2 Å². The van der Waals surface area contributed by atoms with Gasteiger partial charge in [0.15, 0.2) is 0 Å². The normalized spacial score (nSPS) is 22.2. The van der Waals surface area contributed by atoms with Gasteiger partial charge in [-0.1, -0.05) is 32.1 Å². The molecule has 4 atom stereocenters. The molecule has 0 radical (unpaired) electrons. The Labute approximate surface area is 211 Å². The first-order valence-electron chi connectivity index (χ1n) is 11.8. The summed E-state index contributed by atoms with van der Waals surface area (Å²) < 4.78 is 15.8. The summed E-state index contributed by atoms with van der Waals surface area (Å²) in [6.45, 7) is 5.30. The van der Waals surface area contributed by atoms with E-state index in [1.165, 1.54) is 17.0 Å². The highest BCUT2D eigenvalue weighted by atomic mass is 79.9. The van der Waals surface area contributed by atoms with Gasteiger partial charge in [-0.2, -0.15) is 0 Å². The van der Waals surface area contributed by atoms with Gasteiger partial charge in [-0.3, -0.25) is 9.59 Å². The first kappa shape index (κ1) is 25.7. The summed E-state index contributed by atoms with van der Waals surface area (Å²) >= 11 is 3.09. The maximum atomic E-state index is 14.0. The Bertz CT molecular complexity index is 1100. The summed E-state index contributed by atoms with van der Waals surface area (Å²) in [4.78, 5) is 28.4. The summed E-state index contributed by atoms with van der Waals surface area (Å²) in [5.74, 6) is -1.00. The van der Waals surface area contributed by atoms with Crippen LogP contribution in [0.1, 0.15) is 69.3 Å². The molecule has 1 aromatic carbocycles. The van der Waals surface area contributed by atoms with Crippen LogP contribution in [0.5, 0.6) is 0 Å². The molecular weight excluding hydrogens is 521 g/mol. The van der Waals surface area contributed by atoms with Crippen molar-refractivity contribution in [2.24, 2.45) is 5.41 Å². The van der Waals surface area contributed by atoms with Crippen molar-refractivity contribution in [3.63, 3.8) is 0 Å². The summed E-state index contributed by atoms with van der Waals surface area (Å²) in [7, 11) is 0. The predicted octanol–water partition coefficient (Wildman–Crippen LogP) is 2.46. The molecule has 190 valence electrons. The zero-order valence-electron chi connectivity index (χ0n) is 20.0. The standard InChI is InChI=1S/C24H31BrFN5O4/c1-24(2,3)21(31-11-18(28-29-31)13-4-5-13)23(35)30-10-15(33)9-20(30)22(34)27-19(12-32)14-6-7-16(25)17(26)8-14/h6-8,11,13,15,19-21,32-33H,4-5,9-10,12H2,1-3H3,(H,27,34)/t15-,19?,20+,21?/m1/s1. The molecule has 2 unspecified atom stereocenters. The lowest BCUT2D eigenvalue weighted by Gasteiger charge is -2.35. The molecule has 2 aliphatic rings. The van der Waals surface area contributed by atoms with Crippen LogP contribution in [0.2, 0.25) is 0 Å². The average Bonchev–Trinajstić information content (AvgIpc) is 3.40. The summed E-state index contributed by atoms with van der Waals surface area (Å²) in [6.07, 6.45) is 3.11. The van der Waals surface area contributed by atoms with Crippen LogP contribution in [0, 0.1) is 11.2 Å². The first-order valence-corrected chi connectivity index (χ1v) is 12.5. The van der Waals surface area contributed by atoms with Gasteiger partial charge in [0.2, 0.25) is 11.8 Å². The number of hydrogen-bond acceptors (Lipinski definition) is 6. The number of aromatic nitrogens is 3. The topological polar surface area (TPSA) is 121 Å². The van der Waals surface area contributed by atoms with Gasteiger partial charge in [-0.25, -0.2) is 9.07 Å². The number of benzene rings is 1. The van der Waals surface area contributed by atoms with E-state index in [9.17, 15) is 24.2 Å². The van der Waals surface area contributed by atoms with Gasteiger partial charge < -0.3 is 20.4 Å². The lowest BCUT2D eigenvalue weighted by Crippen LogP contribution is -2.51. The molecule has 2 heterocycles. The number of aliphatic hydroxyl groups excluding tert-OH is 2. The van der Waals surface area contributed by atoms with Gasteiger partial charge in [0.05, 0.1) is 28.9 Å². The smallest absolute Gasteiger partial charge is 0.248 e. The fraction of sp³-hybridized carbons (Fsp3) is 0.583. The van der Waals surface area contributed by atoms with E-state index in [-0.39, 0.29) is 23.3 Å². The third-order valence-corrected chi connectivity index (χ3v) is 7.20. The molecule has 1 saturated heterocycles. The number of nitrogens with one attached hydrogen (secondary N) is 1. The molecule has 2 amide bonds. The molecule has 9 nitrogen and oxygen atoms in total. The third kappa shape index (κ3) is 5.57. The van der Waals surface area contributed by atoms with Crippen LogP contribution < -0.4 is 5.32 Å². The maximum Gasteiger partial charge on any atom is 0.248 e. The second-order valence-electron chi connectivity index (χ2n) is 10.5. The minimum absolute atomic E-state index is 0.00435. The van der Waals surface area contributed by atoms with Gasteiger partial charge in [0, 0.05) is 25.1 Å². The van der Waals surface area contributed by atoms with Crippen LogP contribution in [0.4, 0.5) is 4.39 Å². The maximum absolute atomic E-state index is 14.0. The summed E-state index contributed by atoms with van der Waals surface area (Å²) in [5, 5.41) is 31.4. The van der Waals surface area contributed by atoms with Crippen molar-refractivity contribution in [1.29, 1.82) is 0 Å². The van der Waals surface area contributed by atoms with Gasteiger partial charge in [-0.05, 0) is 51.9 Å². The SMILES string of the molecule is CC(C)(C)C(C(=O)N1C[C@H](O)C[C@H]1C(=O)NC(CO)c1ccc(Br)c(F)c1)n1cc(C2CC2)nn1. The number of nitrogens with zero attached hydrogens (tertiary/aromatic N) is 4. The second kappa shape index (κ2) is 9.94. The zero-order valence-corrected chi connectivity index (χ0v) is 21.6. The number of carbonyl (C=O) groups excluding carboxylic acids is 2. The third-order valence-electron chi connectivity index (χ3n) is 6.55. The Morgan fingerprint density at radius 1 is 1.31 bits per heavy atom. The predicted molar refractivity (Wildman–Crippen MR) is 129 cm³/mol. The van der Waals surface area contributed by atoms with Crippen LogP contribution in [0.15, 0.2) is 28.9 Å². The Hall–Kier alpha value is -2.37. The summed E-state index contributed by atoms with van der Waals surface area (Å²) in [5.41, 5.74) is 0.707.